The Bertz CT molecular complexity index is 1180. The van der Waals surface area contributed by atoms with Crippen molar-refractivity contribution in [1.82, 2.24) is 29.4 Å². The van der Waals surface area contributed by atoms with Gasteiger partial charge in [0, 0.05) is 44.5 Å². The molecule has 0 saturated carbocycles. The number of para-hydroxylation sites is 1. The monoisotopic (exact) mass is 437 g/mol. The van der Waals surface area contributed by atoms with Gasteiger partial charge in [-0.3, -0.25) is 9.58 Å². The Morgan fingerprint density at radius 3 is 2.90 bits per heavy atom. The molecular formula is C22H24FN7S. The highest BCUT2D eigenvalue weighted by Crippen LogP contribution is 2.28. The van der Waals surface area contributed by atoms with E-state index < -0.39 is 6.17 Å². The molecule has 4 heterocycles. The molecule has 0 unspecified atom stereocenters. The molecule has 1 aliphatic heterocycles. The first-order chi connectivity index (χ1) is 15.2. The Balaban J connectivity index is 1.26. The van der Waals surface area contributed by atoms with Gasteiger partial charge in [-0.05, 0) is 48.6 Å². The minimum Gasteiger partial charge on any atom is -0.324 e. The number of benzene rings is 1. The molecule has 4 aromatic rings. The van der Waals surface area contributed by atoms with Crippen LogP contribution in [0.4, 0.5) is 10.1 Å². The number of aryl methyl sites for hydroxylation is 1. The van der Waals surface area contributed by atoms with E-state index in [1.165, 1.54) is 11.9 Å². The van der Waals surface area contributed by atoms with Crippen LogP contribution in [0.15, 0.2) is 60.0 Å². The molecule has 1 fully saturated rings. The van der Waals surface area contributed by atoms with Crippen LogP contribution in [0, 0.1) is 0 Å². The van der Waals surface area contributed by atoms with Crippen molar-refractivity contribution in [1.29, 1.82) is 0 Å². The Morgan fingerprint density at radius 1 is 1.16 bits per heavy atom. The van der Waals surface area contributed by atoms with Gasteiger partial charge in [-0.15, -0.1) is 0 Å². The molecule has 9 heteroatoms. The SMILES string of the molecule is Cn1ncc2cccc(NSc3cnn(-c4cc(CN5CCC(F)CC5)ccn4)c3)c21. The van der Waals surface area contributed by atoms with Crippen LogP contribution >= 0.6 is 11.9 Å². The Hall–Kier alpha value is -2.91. The minimum absolute atomic E-state index is 0.622. The first-order valence-corrected chi connectivity index (χ1v) is 11.2. The number of pyridine rings is 1. The van der Waals surface area contributed by atoms with Gasteiger partial charge >= 0.3 is 0 Å². The van der Waals surface area contributed by atoms with Gasteiger partial charge in [0.25, 0.3) is 0 Å². The molecular weight excluding hydrogens is 413 g/mol. The molecule has 0 radical (unpaired) electrons. The third kappa shape index (κ3) is 4.42. The Labute approximate surface area is 184 Å². The summed E-state index contributed by atoms with van der Waals surface area (Å²) < 4.78 is 20.4. The molecule has 31 heavy (non-hydrogen) atoms. The van der Waals surface area contributed by atoms with E-state index in [4.69, 9.17) is 0 Å². The predicted octanol–water partition coefficient (Wildman–Crippen LogP) is 4.21. The second-order valence-corrected chi connectivity index (χ2v) is 8.69. The van der Waals surface area contributed by atoms with Crippen LogP contribution in [-0.4, -0.2) is 48.7 Å². The molecule has 1 aliphatic rings. The van der Waals surface area contributed by atoms with Gasteiger partial charge in [0.1, 0.15) is 6.17 Å². The first-order valence-electron chi connectivity index (χ1n) is 10.4. The lowest BCUT2D eigenvalue weighted by molar-refractivity contribution is 0.145. The second-order valence-electron chi connectivity index (χ2n) is 7.81. The smallest absolute Gasteiger partial charge is 0.153 e. The first kappa shape index (κ1) is 20.0. The third-order valence-corrected chi connectivity index (χ3v) is 6.34. The molecule has 1 aromatic carbocycles. The van der Waals surface area contributed by atoms with Crippen molar-refractivity contribution < 1.29 is 4.39 Å². The van der Waals surface area contributed by atoms with E-state index >= 15 is 0 Å². The van der Waals surface area contributed by atoms with E-state index in [-0.39, 0.29) is 0 Å². The number of aromatic nitrogens is 5. The van der Waals surface area contributed by atoms with Crippen molar-refractivity contribution >= 4 is 28.5 Å². The van der Waals surface area contributed by atoms with E-state index in [1.807, 2.05) is 60.8 Å². The van der Waals surface area contributed by atoms with Crippen molar-refractivity contribution in [2.45, 2.75) is 30.5 Å². The summed E-state index contributed by atoms with van der Waals surface area (Å²) in [5.74, 6) is 0.776. The van der Waals surface area contributed by atoms with Crippen molar-refractivity contribution in [2.75, 3.05) is 17.8 Å². The summed E-state index contributed by atoms with van der Waals surface area (Å²) >= 11 is 1.50. The van der Waals surface area contributed by atoms with E-state index in [9.17, 15) is 4.39 Å². The molecule has 0 spiro atoms. The van der Waals surface area contributed by atoms with Crippen LogP contribution in [0.25, 0.3) is 16.7 Å². The number of likely N-dealkylation sites (tertiary alicyclic amines) is 1. The van der Waals surface area contributed by atoms with Crippen LogP contribution in [0.3, 0.4) is 0 Å². The molecule has 0 bridgehead atoms. The van der Waals surface area contributed by atoms with Gasteiger partial charge in [-0.1, -0.05) is 12.1 Å². The van der Waals surface area contributed by atoms with E-state index in [1.54, 1.807) is 4.68 Å². The largest absolute Gasteiger partial charge is 0.324 e. The molecule has 0 amide bonds. The minimum atomic E-state index is -0.650. The molecule has 3 aromatic heterocycles. The van der Waals surface area contributed by atoms with Crippen LogP contribution in [0.2, 0.25) is 0 Å². The summed E-state index contributed by atoms with van der Waals surface area (Å²) in [6.07, 6.45) is 8.05. The Morgan fingerprint density at radius 2 is 2.03 bits per heavy atom. The lowest BCUT2D eigenvalue weighted by Gasteiger charge is -2.28. The van der Waals surface area contributed by atoms with Gasteiger partial charge in [0.15, 0.2) is 5.82 Å². The average molecular weight is 438 g/mol. The van der Waals surface area contributed by atoms with E-state index in [2.05, 4.69) is 30.9 Å². The fraction of sp³-hybridized carbons (Fsp3) is 0.318. The summed E-state index contributed by atoms with van der Waals surface area (Å²) in [6, 6.07) is 10.2. The number of anilines is 1. The number of nitrogens with zero attached hydrogens (tertiary/aromatic N) is 6. The maximum absolute atomic E-state index is 13.4. The zero-order valence-electron chi connectivity index (χ0n) is 17.3. The van der Waals surface area contributed by atoms with Gasteiger partial charge in [-0.25, -0.2) is 14.1 Å². The predicted molar refractivity (Wildman–Crippen MR) is 121 cm³/mol. The van der Waals surface area contributed by atoms with Crippen LogP contribution in [0.5, 0.6) is 0 Å². The fourth-order valence-electron chi connectivity index (χ4n) is 3.92. The lowest BCUT2D eigenvalue weighted by Crippen LogP contribution is -2.33. The number of piperidine rings is 1. The number of rotatable bonds is 6. The molecule has 160 valence electrons. The van der Waals surface area contributed by atoms with Crippen LogP contribution in [-0.2, 0) is 13.6 Å². The molecule has 0 atom stereocenters. The van der Waals surface area contributed by atoms with E-state index in [0.29, 0.717) is 12.8 Å². The highest BCUT2D eigenvalue weighted by atomic mass is 32.2. The number of hydrogen-bond donors (Lipinski definition) is 1. The second kappa shape index (κ2) is 8.68. The standard InChI is InChI=1S/C22H24FN7S/c1-28-22-17(12-25-28)3-2-4-20(22)27-31-19-13-26-30(15-19)21-11-16(5-8-24-21)14-29-9-6-18(23)7-10-29/h2-5,8,11-13,15,18,27H,6-7,9-10,14H2,1H3. The lowest BCUT2D eigenvalue weighted by atomic mass is 10.1. The summed E-state index contributed by atoms with van der Waals surface area (Å²) in [7, 11) is 1.94. The van der Waals surface area contributed by atoms with Gasteiger partial charge in [0.2, 0.25) is 0 Å². The highest BCUT2D eigenvalue weighted by Gasteiger charge is 2.18. The quantitative estimate of drug-likeness (QED) is 0.456. The van der Waals surface area contributed by atoms with Crippen molar-refractivity contribution in [2.24, 2.45) is 7.05 Å². The van der Waals surface area contributed by atoms with Crippen molar-refractivity contribution in [3.63, 3.8) is 0 Å². The zero-order valence-corrected chi connectivity index (χ0v) is 18.1. The number of halogens is 1. The van der Waals surface area contributed by atoms with Gasteiger partial charge < -0.3 is 4.72 Å². The van der Waals surface area contributed by atoms with Gasteiger partial charge in [0.05, 0.1) is 28.5 Å². The van der Waals surface area contributed by atoms with Gasteiger partial charge in [-0.2, -0.15) is 10.2 Å². The summed E-state index contributed by atoms with van der Waals surface area (Å²) in [5, 5.41) is 9.91. The molecule has 5 rings (SSSR count). The highest BCUT2D eigenvalue weighted by molar-refractivity contribution is 8.00. The molecule has 7 nitrogen and oxygen atoms in total. The van der Waals surface area contributed by atoms with Crippen molar-refractivity contribution in [3.8, 4) is 5.82 Å². The third-order valence-electron chi connectivity index (χ3n) is 5.57. The summed E-state index contributed by atoms with van der Waals surface area (Å²) in [5.41, 5.74) is 3.23. The zero-order chi connectivity index (χ0) is 21.2. The van der Waals surface area contributed by atoms with Crippen molar-refractivity contribution in [3.05, 3.63) is 60.7 Å². The molecule has 0 aliphatic carbocycles. The van der Waals surface area contributed by atoms with E-state index in [0.717, 1.165) is 52.5 Å². The maximum atomic E-state index is 13.4. The molecule has 1 saturated heterocycles. The summed E-state index contributed by atoms with van der Waals surface area (Å²) in [4.78, 5) is 7.75. The summed E-state index contributed by atoms with van der Waals surface area (Å²) in [6.45, 7) is 2.41. The number of hydrogen-bond acceptors (Lipinski definition) is 6. The number of fused-ring (bicyclic) bond motifs is 1. The topological polar surface area (TPSA) is 63.8 Å². The molecule has 1 N–H and O–H groups in total. The number of nitrogens with one attached hydrogen (secondary N) is 1. The number of alkyl halides is 1. The van der Waals surface area contributed by atoms with Crippen LogP contribution < -0.4 is 4.72 Å². The Kier molecular flexibility index (Phi) is 5.61. The van der Waals surface area contributed by atoms with Crippen LogP contribution in [0.1, 0.15) is 18.4 Å². The maximum Gasteiger partial charge on any atom is 0.153 e. The normalized spacial score (nSPS) is 15.5. The average Bonchev–Trinajstić information content (AvgIpc) is 3.42. The fourth-order valence-corrected chi connectivity index (χ4v) is 4.56.